The summed E-state index contributed by atoms with van der Waals surface area (Å²) in [6.07, 6.45) is 1.96. The van der Waals surface area contributed by atoms with Crippen molar-refractivity contribution in [3.05, 3.63) is 53.7 Å². The molecular weight excluding hydrogens is 318 g/mol. The zero-order chi connectivity index (χ0) is 17.1. The average Bonchev–Trinajstić information content (AvgIpc) is 3.11. The number of amides is 1. The molecule has 6 heteroatoms. The van der Waals surface area contributed by atoms with Crippen LogP contribution in [0.4, 0.5) is 5.82 Å². The summed E-state index contributed by atoms with van der Waals surface area (Å²) < 4.78 is 11.1. The predicted octanol–water partition coefficient (Wildman–Crippen LogP) is 1.54. The highest BCUT2D eigenvalue weighted by molar-refractivity contribution is 5.82. The Morgan fingerprint density at radius 2 is 2.08 bits per heavy atom. The maximum absolute atomic E-state index is 12.4. The quantitative estimate of drug-likeness (QED) is 0.915. The lowest BCUT2D eigenvalue weighted by molar-refractivity contribution is -0.127. The Bertz CT molecular complexity index is 734. The van der Waals surface area contributed by atoms with E-state index >= 15 is 0 Å². The van der Waals surface area contributed by atoms with Crippen LogP contribution < -0.4 is 15.0 Å². The van der Waals surface area contributed by atoms with Crippen molar-refractivity contribution in [2.24, 2.45) is 0 Å². The molecule has 130 valence electrons. The first-order valence-corrected chi connectivity index (χ1v) is 8.59. The standard InChI is InChI=1S/C19H21N3O3/c23-19(17-12-15-3-1-2-4-16(15)25-17)21-13-14-5-6-20-18(11-14)22-7-9-24-10-8-22/h1-6,11,17H,7-10,12-13H2,(H,21,23)/t17-/m1/s1. The van der Waals surface area contributed by atoms with E-state index in [1.165, 1.54) is 0 Å². The molecule has 2 aromatic rings. The number of rotatable bonds is 4. The lowest BCUT2D eigenvalue weighted by Gasteiger charge is -2.28. The van der Waals surface area contributed by atoms with Crippen LogP contribution in [0.15, 0.2) is 42.6 Å². The van der Waals surface area contributed by atoms with E-state index in [9.17, 15) is 4.79 Å². The molecule has 6 nitrogen and oxygen atoms in total. The van der Waals surface area contributed by atoms with Gasteiger partial charge in [0.2, 0.25) is 0 Å². The second-order valence-electron chi connectivity index (χ2n) is 6.26. The number of nitrogens with one attached hydrogen (secondary N) is 1. The van der Waals surface area contributed by atoms with Crippen LogP contribution in [0.5, 0.6) is 5.75 Å². The van der Waals surface area contributed by atoms with Gasteiger partial charge >= 0.3 is 0 Å². The number of pyridine rings is 1. The van der Waals surface area contributed by atoms with E-state index in [-0.39, 0.29) is 5.91 Å². The van der Waals surface area contributed by atoms with Crippen LogP contribution in [0, 0.1) is 0 Å². The third-order valence-corrected chi connectivity index (χ3v) is 4.55. The minimum atomic E-state index is -0.446. The van der Waals surface area contributed by atoms with Crippen LogP contribution in [0.25, 0.3) is 0 Å². The van der Waals surface area contributed by atoms with Crippen LogP contribution in [0.1, 0.15) is 11.1 Å². The summed E-state index contributed by atoms with van der Waals surface area (Å²) in [5, 5.41) is 2.97. The van der Waals surface area contributed by atoms with Gasteiger partial charge < -0.3 is 19.7 Å². The molecule has 25 heavy (non-hydrogen) atoms. The second-order valence-corrected chi connectivity index (χ2v) is 6.26. The number of hydrogen-bond donors (Lipinski definition) is 1. The number of fused-ring (bicyclic) bond motifs is 1. The third-order valence-electron chi connectivity index (χ3n) is 4.55. The monoisotopic (exact) mass is 339 g/mol. The smallest absolute Gasteiger partial charge is 0.261 e. The first kappa shape index (κ1) is 15.9. The summed E-state index contributed by atoms with van der Waals surface area (Å²) in [7, 11) is 0. The number of anilines is 1. The SMILES string of the molecule is O=C(NCc1ccnc(N2CCOCC2)c1)[C@H]1Cc2ccccc2O1. The molecule has 0 saturated carbocycles. The fourth-order valence-electron chi connectivity index (χ4n) is 3.17. The van der Waals surface area contributed by atoms with Crippen molar-refractivity contribution in [1.29, 1.82) is 0 Å². The fraction of sp³-hybridized carbons (Fsp3) is 0.368. The van der Waals surface area contributed by atoms with E-state index in [0.717, 1.165) is 49.0 Å². The lowest BCUT2D eigenvalue weighted by Crippen LogP contribution is -2.37. The molecule has 1 amide bonds. The van der Waals surface area contributed by atoms with Gasteiger partial charge in [0.05, 0.1) is 13.2 Å². The van der Waals surface area contributed by atoms with Gasteiger partial charge in [-0.1, -0.05) is 18.2 Å². The van der Waals surface area contributed by atoms with Crippen LogP contribution in [-0.4, -0.2) is 43.3 Å². The van der Waals surface area contributed by atoms with Gasteiger partial charge in [0, 0.05) is 32.3 Å². The Kier molecular flexibility index (Phi) is 4.52. The van der Waals surface area contributed by atoms with Gasteiger partial charge in [0.15, 0.2) is 6.10 Å². The van der Waals surface area contributed by atoms with Crippen molar-refractivity contribution >= 4 is 11.7 Å². The molecule has 4 rings (SSSR count). The van der Waals surface area contributed by atoms with E-state index < -0.39 is 6.10 Å². The number of carbonyl (C=O) groups excluding carboxylic acids is 1. The largest absolute Gasteiger partial charge is 0.480 e. The Labute approximate surface area is 146 Å². The molecule has 1 aromatic carbocycles. The maximum Gasteiger partial charge on any atom is 0.261 e. The number of ether oxygens (including phenoxy) is 2. The fourth-order valence-corrected chi connectivity index (χ4v) is 3.17. The van der Waals surface area contributed by atoms with E-state index in [0.29, 0.717) is 13.0 Å². The predicted molar refractivity (Wildman–Crippen MR) is 93.7 cm³/mol. The first-order chi connectivity index (χ1) is 12.3. The highest BCUT2D eigenvalue weighted by Gasteiger charge is 2.28. The zero-order valence-corrected chi connectivity index (χ0v) is 14.0. The average molecular weight is 339 g/mol. The van der Waals surface area contributed by atoms with Crippen molar-refractivity contribution in [1.82, 2.24) is 10.3 Å². The summed E-state index contributed by atoms with van der Waals surface area (Å²) >= 11 is 0. The number of para-hydroxylation sites is 1. The van der Waals surface area contributed by atoms with Crippen molar-refractivity contribution in [3.8, 4) is 5.75 Å². The summed E-state index contributed by atoms with van der Waals surface area (Å²) in [6, 6.07) is 11.7. The number of carbonyl (C=O) groups is 1. The lowest BCUT2D eigenvalue weighted by atomic mass is 10.1. The summed E-state index contributed by atoms with van der Waals surface area (Å²) in [6.45, 7) is 3.60. The van der Waals surface area contributed by atoms with Crippen molar-refractivity contribution in [2.75, 3.05) is 31.2 Å². The number of aromatic nitrogens is 1. The van der Waals surface area contributed by atoms with Crippen LogP contribution in [0.2, 0.25) is 0 Å². The normalized spacial score (nSPS) is 19.2. The molecule has 3 heterocycles. The Morgan fingerprint density at radius 3 is 2.92 bits per heavy atom. The molecule has 0 aliphatic carbocycles. The number of benzene rings is 1. The van der Waals surface area contributed by atoms with Gasteiger partial charge in [-0.2, -0.15) is 0 Å². The number of nitrogens with zero attached hydrogens (tertiary/aromatic N) is 2. The Morgan fingerprint density at radius 1 is 1.24 bits per heavy atom. The molecule has 1 atom stereocenters. The molecule has 1 N–H and O–H groups in total. The third kappa shape index (κ3) is 3.58. The molecule has 0 bridgehead atoms. The van der Waals surface area contributed by atoms with Gasteiger partial charge in [-0.15, -0.1) is 0 Å². The molecule has 2 aliphatic heterocycles. The van der Waals surface area contributed by atoms with Gasteiger partial charge in [0.25, 0.3) is 5.91 Å². The van der Waals surface area contributed by atoms with Gasteiger partial charge in [-0.05, 0) is 29.3 Å². The molecule has 0 spiro atoms. The highest BCUT2D eigenvalue weighted by Crippen LogP contribution is 2.28. The van der Waals surface area contributed by atoms with Gasteiger partial charge in [0.1, 0.15) is 11.6 Å². The number of morpholine rings is 1. The van der Waals surface area contributed by atoms with Crippen molar-refractivity contribution < 1.29 is 14.3 Å². The minimum absolute atomic E-state index is 0.0825. The van der Waals surface area contributed by atoms with E-state index in [2.05, 4.69) is 15.2 Å². The molecule has 0 radical (unpaired) electrons. The minimum Gasteiger partial charge on any atom is -0.480 e. The summed E-state index contributed by atoms with van der Waals surface area (Å²) in [5.41, 5.74) is 2.11. The van der Waals surface area contributed by atoms with Gasteiger partial charge in [-0.3, -0.25) is 4.79 Å². The summed E-state index contributed by atoms with van der Waals surface area (Å²) in [5.74, 6) is 1.65. The molecule has 0 unspecified atom stereocenters. The van der Waals surface area contributed by atoms with E-state index in [4.69, 9.17) is 9.47 Å². The van der Waals surface area contributed by atoms with E-state index in [1.807, 2.05) is 36.4 Å². The highest BCUT2D eigenvalue weighted by atomic mass is 16.5. The second kappa shape index (κ2) is 7.11. The summed E-state index contributed by atoms with van der Waals surface area (Å²) in [4.78, 5) is 19.0. The number of hydrogen-bond acceptors (Lipinski definition) is 5. The van der Waals surface area contributed by atoms with E-state index in [1.54, 1.807) is 6.20 Å². The Balaban J connectivity index is 1.35. The van der Waals surface area contributed by atoms with Gasteiger partial charge in [-0.25, -0.2) is 4.98 Å². The molecule has 1 aromatic heterocycles. The topological polar surface area (TPSA) is 63.7 Å². The Hall–Kier alpha value is -2.60. The first-order valence-electron chi connectivity index (χ1n) is 8.59. The molecular formula is C19H21N3O3. The van der Waals surface area contributed by atoms with Crippen LogP contribution in [-0.2, 0) is 22.5 Å². The molecule has 2 aliphatic rings. The maximum atomic E-state index is 12.4. The van der Waals surface area contributed by atoms with Crippen molar-refractivity contribution in [2.45, 2.75) is 19.1 Å². The molecule has 1 fully saturated rings. The van der Waals surface area contributed by atoms with Crippen LogP contribution >= 0.6 is 0 Å². The zero-order valence-electron chi connectivity index (χ0n) is 14.0. The van der Waals surface area contributed by atoms with Crippen LogP contribution in [0.3, 0.4) is 0 Å². The molecule has 1 saturated heterocycles. The van der Waals surface area contributed by atoms with Crippen molar-refractivity contribution in [3.63, 3.8) is 0 Å².